The number of aryl methyl sites for hydroxylation is 6. The van der Waals surface area contributed by atoms with E-state index in [1.807, 2.05) is 41.5 Å². The molecule has 43 heavy (non-hydrogen) atoms. The maximum Gasteiger partial charge on any atom is 0.121 e. The molecule has 3 heteroatoms. The third-order valence-electron chi connectivity index (χ3n) is 10.1. The van der Waals surface area contributed by atoms with Gasteiger partial charge >= 0.3 is 0 Å². The number of benzene rings is 4. The predicted molar refractivity (Wildman–Crippen MR) is 180 cm³/mol. The first-order chi connectivity index (χ1) is 19.7. The second-order valence-corrected chi connectivity index (χ2v) is 14.4. The van der Waals surface area contributed by atoms with Crippen LogP contribution < -0.4 is 0 Å². The summed E-state index contributed by atoms with van der Waals surface area (Å²) in [5.74, 6) is 1.05. The first-order valence-corrected chi connectivity index (χ1v) is 15.3. The molecule has 0 aromatic heterocycles. The maximum absolute atomic E-state index is 10.6. The first kappa shape index (κ1) is 32.2. The molecule has 0 spiro atoms. The zero-order chi connectivity index (χ0) is 32.4. The van der Waals surface area contributed by atoms with Gasteiger partial charge in [0, 0.05) is 16.2 Å². The second kappa shape index (κ2) is 10.8. The molecule has 0 amide bonds. The standard InChI is InChI=1S/C40H50O3/c1-22-14-29(15-23(2)35(22)41)38(8,9)32-20-33(39(10,11)30-16-24(3)36(42)25(4)17-30)28(7)34(21-32)40(12,13)31-18-26(5)37(43)27(6)19-31/h14-21,41-43H,1-13H3. The van der Waals surface area contributed by atoms with Crippen LogP contribution in [0.15, 0.2) is 48.5 Å². The Morgan fingerprint density at radius 1 is 0.349 bits per heavy atom. The minimum atomic E-state index is -0.355. The number of hydrogen-bond donors (Lipinski definition) is 3. The summed E-state index contributed by atoms with van der Waals surface area (Å²) in [5.41, 5.74) is 12.6. The van der Waals surface area contributed by atoms with Gasteiger partial charge in [0.2, 0.25) is 0 Å². The minimum Gasteiger partial charge on any atom is -0.507 e. The van der Waals surface area contributed by atoms with E-state index in [9.17, 15) is 15.3 Å². The van der Waals surface area contributed by atoms with Crippen molar-refractivity contribution >= 4 is 0 Å². The van der Waals surface area contributed by atoms with Gasteiger partial charge in [-0.1, -0.05) is 90.1 Å². The smallest absolute Gasteiger partial charge is 0.121 e. The van der Waals surface area contributed by atoms with Crippen molar-refractivity contribution in [3.63, 3.8) is 0 Å². The summed E-state index contributed by atoms with van der Waals surface area (Å²) in [5, 5.41) is 31.7. The summed E-state index contributed by atoms with van der Waals surface area (Å²) >= 11 is 0. The molecule has 0 aliphatic rings. The first-order valence-electron chi connectivity index (χ1n) is 15.3. The lowest BCUT2D eigenvalue weighted by molar-refractivity contribution is 0.465. The molecule has 3 nitrogen and oxygen atoms in total. The zero-order valence-electron chi connectivity index (χ0n) is 28.5. The molecule has 0 saturated carbocycles. The van der Waals surface area contributed by atoms with Gasteiger partial charge in [0.15, 0.2) is 0 Å². The number of hydrogen-bond acceptors (Lipinski definition) is 3. The monoisotopic (exact) mass is 578 g/mol. The topological polar surface area (TPSA) is 60.7 Å². The van der Waals surface area contributed by atoms with Crippen molar-refractivity contribution in [1.82, 2.24) is 0 Å². The molecule has 0 aliphatic carbocycles. The lowest BCUT2D eigenvalue weighted by atomic mass is 9.66. The van der Waals surface area contributed by atoms with E-state index in [1.165, 1.54) is 22.3 Å². The SMILES string of the molecule is Cc1cc(C(C)(C)c2cc(C(C)(C)c3cc(C)c(O)c(C)c3)c(C)c(C(C)(C)c3cc(C)c(O)c(C)c3)c2)cc(C)c1O. The molecule has 0 bridgehead atoms. The average Bonchev–Trinajstić information content (AvgIpc) is 2.92. The lowest BCUT2D eigenvalue weighted by Crippen LogP contribution is -2.29. The summed E-state index contributed by atoms with van der Waals surface area (Å²) in [7, 11) is 0. The fourth-order valence-corrected chi connectivity index (χ4v) is 6.80. The molecule has 4 rings (SSSR count). The maximum atomic E-state index is 10.6. The van der Waals surface area contributed by atoms with Gasteiger partial charge in [-0.3, -0.25) is 0 Å². The highest BCUT2D eigenvalue weighted by Gasteiger charge is 2.35. The molecule has 0 unspecified atom stereocenters. The molecule has 228 valence electrons. The van der Waals surface area contributed by atoms with Gasteiger partial charge in [-0.25, -0.2) is 0 Å². The third-order valence-corrected chi connectivity index (χ3v) is 10.1. The molecule has 0 aliphatic heterocycles. The average molecular weight is 579 g/mol. The summed E-state index contributed by atoms with van der Waals surface area (Å²) < 4.78 is 0. The Morgan fingerprint density at radius 3 is 0.814 bits per heavy atom. The van der Waals surface area contributed by atoms with Crippen molar-refractivity contribution in [3.8, 4) is 17.2 Å². The van der Waals surface area contributed by atoms with Crippen LogP contribution in [0, 0.1) is 48.5 Å². The van der Waals surface area contributed by atoms with Gasteiger partial charge in [0.05, 0.1) is 0 Å². The fraction of sp³-hybridized carbons (Fsp3) is 0.400. The van der Waals surface area contributed by atoms with Crippen LogP contribution in [0.4, 0.5) is 0 Å². The minimum absolute atomic E-state index is 0.350. The van der Waals surface area contributed by atoms with Crippen LogP contribution in [0.3, 0.4) is 0 Å². The van der Waals surface area contributed by atoms with E-state index in [2.05, 4.69) is 97.0 Å². The number of phenolic OH excluding ortho intramolecular Hbond substituents is 3. The normalized spacial score (nSPS) is 12.6. The molecule has 0 fully saturated rings. The van der Waals surface area contributed by atoms with Gasteiger partial charge in [0.25, 0.3) is 0 Å². The van der Waals surface area contributed by atoms with Crippen molar-refractivity contribution in [2.24, 2.45) is 0 Å². The van der Waals surface area contributed by atoms with Gasteiger partial charge in [-0.05, 0) is 121 Å². The highest BCUT2D eigenvalue weighted by atomic mass is 16.3. The van der Waals surface area contributed by atoms with Crippen LogP contribution in [-0.2, 0) is 16.2 Å². The molecule has 4 aromatic carbocycles. The molecule has 3 N–H and O–H groups in total. The zero-order valence-corrected chi connectivity index (χ0v) is 28.5. The molecule has 0 heterocycles. The van der Waals surface area contributed by atoms with E-state index in [4.69, 9.17) is 0 Å². The number of phenols is 3. The number of aromatic hydroxyl groups is 3. The second-order valence-electron chi connectivity index (χ2n) is 14.4. The van der Waals surface area contributed by atoms with Crippen molar-refractivity contribution < 1.29 is 15.3 Å². The Labute approximate surface area is 259 Å². The van der Waals surface area contributed by atoms with E-state index in [1.54, 1.807) is 0 Å². The molecule has 4 aromatic rings. The van der Waals surface area contributed by atoms with E-state index in [-0.39, 0.29) is 16.2 Å². The van der Waals surface area contributed by atoms with Crippen LogP contribution in [0.25, 0.3) is 0 Å². The van der Waals surface area contributed by atoms with E-state index in [0.717, 1.165) is 50.1 Å². The summed E-state index contributed by atoms with van der Waals surface area (Å²) in [6, 6.07) is 17.4. The lowest BCUT2D eigenvalue weighted by Gasteiger charge is -2.37. The Kier molecular flexibility index (Phi) is 8.07. The molecule has 0 radical (unpaired) electrons. The van der Waals surface area contributed by atoms with Crippen molar-refractivity contribution in [3.05, 3.63) is 121 Å². The highest BCUT2D eigenvalue weighted by Crippen LogP contribution is 2.46. The van der Waals surface area contributed by atoms with Gasteiger partial charge < -0.3 is 15.3 Å². The Morgan fingerprint density at radius 2 is 0.558 bits per heavy atom. The van der Waals surface area contributed by atoms with Crippen LogP contribution >= 0.6 is 0 Å². The van der Waals surface area contributed by atoms with Crippen molar-refractivity contribution in [2.45, 2.75) is 106 Å². The van der Waals surface area contributed by atoms with E-state index >= 15 is 0 Å². The van der Waals surface area contributed by atoms with Gasteiger partial charge in [0.1, 0.15) is 17.2 Å². The molecular weight excluding hydrogens is 528 g/mol. The largest absolute Gasteiger partial charge is 0.507 e. The fourth-order valence-electron chi connectivity index (χ4n) is 6.80. The van der Waals surface area contributed by atoms with Crippen LogP contribution in [-0.4, -0.2) is 15.3 Å². The third kappa shape index (κ3) is 5.44. The van der Waals surface area contributed by atoms with Crippen LogP contribution in [0.5, 0.6) is 17.2 Å². The molecule has 0 saturated heterocycles. The Bertz CT molecular complexity index is 1570. The summed E-state index contributed by atoms with van der Waals surface area (Å²) in [6.45, 7) is 27.7. The van der Waals surface area contributed by atoms with Gasteiger partial charge in [-0.2, -0.15) is 0 Å². The molecular formula is C40H50O3. The quantitative estimate of drug-likeness (QED) is 0.213. The molecule has 0 atom stereocenters. The van der Waals surface area contributed by atoms with E-state index in [0.29, 0.717) is 17.2 Å². The highest BCUT2D eigenvalue weighted by molar-refractivity contribution is 5.58. The summed E-state index contributed by atoms with van der Waals surface area (Å²) in [4.78, 5) is 0. The van der Waals surface area contributed by atoms with Crippen LogP contribution in [0.2, 0.25) is 0 Å². The van der Waals surface area contributed by atoms with Crippen LogP contribution in [0.1, 0.15) is 114 Å². The Hall–Kier alpha value is -3.72. The van der Waals surface area contributed by atoms with Crippen molar-refractivity contribution in [2.75, 3.05) is 0 Å². The van der Waals surface area contributed by atoms with Gasteiger partial charge in [-0.15, -0.1) is 0 Å². The predicted octanol–water partition coefficient (Wildman–Crippen LogP) is 9.94. The Balaban J connectivity index is 2.08. The number of rotatable bonds is 6. The van der Waals surface area contributed by atoms with Crippen molar-refractivity contribution in [1.29, 1.82) is 0 Å². The summed E-state index contributed by atoms with van der Waals surface area (Å²) in [6.07, 6.45) is 0. The van der Waals surface area contributed by atoms with E-state index < -0.39 is 0 Å².